The second-order valence-corrected chi connectivity index (χ2v) is 4.12. The van der Waals surface area contributed by atoms with Gasteiger partial charge in [-0.3, -0.25) is 0 Å². The van der Waals surface area contributed by atoms with Gasteiger partial charge in [0.25, 0.3) is 0 Å². The molecule has 78 valence electrons. The molecule has 1 aromatic carbocycles. The van der Waals surface area contributed by atoms with Crippen molar-refractivity contribution in [3.63, 3.8) is 0 Å². The molecule has 0 saturated heterocycles. The summed E-state index contributed by atoms with van der Waals surface area (Å²) in [6.07, 6.45) is 0.654. The maximum Gasteiger partial charge on any atom is 0.136 e. The third-order valence-corrected chi connectivity index (χ3v) is 2.85. The molecule has 0 heterocycles. The molecule has 0 spiro atoms. The zero-order valence-corrected chi connectivity index (χ0v) is 9.51. The Morgan fingerprint density at radius 2 is 2.21 bits per heavy atom. The third kappa shape index (κ3) is 2.25. The molecule has 0 aliphatic heterocycles. The van der Waals surface area contributed by atoms with E-state index in [9.17, 15) is 9.50 Å². The fourth-order valence-corrected chi connectivity index (χ4v) is 1.77. The van der Waals surface area contributed by atoms with Crippen molar-refractivity contribution in [3.05, 3.63) is 28.0 Å². The minimum absolute atomic E-state index is 0.0223. The fraction of sp³-hybridized carbons (Fsp3) is 0.400. The Kier molecular flexibility index (Phi) is 3.89. The number of benzene rings is 1. The Morgan fingerprint density at radius 1 is 1.57 bits per heavy atom. The van der Waals surface area contributed by atoms with Gasteiger partial charge in [-0.15, -0.1) is 0 Å². The highest BCUT2D eigenvalue weighted by atomic mass is 79.9. The van der Waals surface area contributed by atoms with Gasteiger partial charge < -0.3 is 10.8 Å². The minimum atomic E-state index is -0.383. The monoisotopic (exact) mass is 261 g/mol. The first kappa shape index (κ1) is 11.5. The topological polar surface area (TPSA) is 46.2 Å². The molecule has 0 fully saturated rings. The van der Waals surface area contributed by atoms with Gasteiger partial charge in [-0.2, -0.15) is 0 Å². The predicted molar refractivity (Wildman–Crippen MR) is 57.9 cm³/mol. The molecule has 0 aromatic heterocycles. The van der Waals surface area contributed by atoms with Gasteiger partial charge in [0.2, 0.25) is 0 Å². The largest absolute Gasteiger partial charge is 0.506 e. The van der Waals surface area contributed by atoms with E-state index in [1.807, 2.05) is 6.92 Å². The van der Waals surface area contributed by atoms with Crippen molar-refractivity contribution in [1.29, 1.82) is 0 Å². The Balaban J connectivity index is 3.11. The van der Waals surface area contributed by atoms with Crippen LogP contribution in [0.15, 0.2) is 16.6 Å². The Labute approximate surface area is 91.1 Å². The Bertz CT molecular complexity index is 330. The number of hydrogen-bond acceptors (Lipinski definition) is 2. The summed E-state index contributed by atoms with van der Waals surface area (Å²) in [5.74, 6) is -0.477. The summed E-state index contributed by atoms with van der Waals surface area (Å²) in [6, 6.07) is 2.83. The molecule has 3 N–H and O–H groups in total. The summed E-state index contributed by atoms with van der Waals surface area (Å²) in [6.45, 7) is 2.32. The molecule has 0 radical (unpaired) electrons. The molecular weight excluding hydrogens is 249 g/mol. The van der Waals surface area contributed by atoms with Gasteiger partial charge in [0.1, 0.15) is 11.6 Å². The predicted octanol–water partition coefficient (Wildman–Crippen LogP) is 2.75. The zero-order chi connectivity index (χ0) is 10.7. The third-order valence-electron chi connectivity index (χ3n) is 2.21. The average Bonchev–Trinajstić information content (AvgIpc) is 2.13. The van der Waals surface area contributed by atoms with Gasteiger partial charge in [0.15, 0.2) is 0 Å². The first-order valence-corrected chi connectivity index (χ1v) is 5.24. The van der Waals surface area contributed by atoms with Crippen molar-refractivity contribution in [1.82, 2.24) is 0 Å². The number of rotatable bonds is 3. The van der Waals surface area contributed by atoms with Crippen LogP contribution in [0.3, 0.4) is 0 Å². The van der Waals surface area contributed by atoms with Crippen molar-refractivity contribution < 1.29 is 9.50 Å². The first-order valence-electron chi connectivity index (χ1n) is 4.44. The Morgan fingerprint density at radius 3 is 2.79 bits per heavy atom. The van der Waals surface area contributed by atoms with Crippen LogP contribution in [0.2, 0.25) is 0 Å². The van der Waals surface area contributed by atoms with Crippen LogP contribution in [0.25, 0.3) is 0 Å². The summed E-state index contributed by atoms with van der Waals surface area (Å²) in [5, 5.41) is 9.65. The number of halogens is 2. The maximum atomic E-state index is 13.4. The van der Waals surface area contributed by atoms with Crippen LogP contribution in [-0.4, -0.2) is 11.7 Å². The highest BCUT2D eigenvalue weighted by molar-refractivity contribution is 9.10. The van der Waals surface area contributed by atoms with E-state index in [0.717, 1.165) is 0 Å². The van der Waals surface area contributed by atoms with Crippen LogP contribution < -0.4 is 5.73 Å². The number of aromatic hydroxyl groups is 1. The quantitative estimate of drug-likeness (QED) is 0.879. The molecule has 0 saturated carbocycles. The SMILES string of the molecule is CC(CCN)c1c(F)ccc(Br)c1O. The molecule has 0 aliphatic carbocycles. The maximum absolute atomic E-state index is 13.4. The number of nitrogens with two attached hydrogens (primary N) is 1. The van der Waals surface area contributed by atoms with Gasteiger partial charge in [-0.1, -0.05) is 6.92 Å². The molecule has 0 aliphatic rings. The van der Waals surface area contributed by atoms with E-state index < -0.39 is 0 Å². The Hall–Kier alpha value is -0.610. The minimum Gasteiger partial charge on any atom is -0.506 e. The normalized spacial score (nSPS) is 12.9. The van der Waals surface area contributed by atoms with Crippen molar-refractivity contribution in [3.8, 4) is 5.75 Å². The van der Waals surface area contributed by atoms with Crippen molar-refractivity contribution in [2.45, 2.75) is 19.3 Å². The van der Waals surface area contributed by atoms with E-state index in [2.05, 4.69) is 15.9 Å². The van der Waals surface area contributed by atoms with Crippen molar-refractivity contribution >= 4 is 15.9 Å². The van der Waals surface area contributed by atoms with Crippen LogP contribution in [0.1, 0.15) is 24.8 Å². The number of phenols is 1. The van der Waals surface area contributed by atoms with Crippen molar-refractivity contribution in [2.24, 2.45) is 5.73 Å². The second-order valence-electron chi connectivity index (χ2n) is 3.27. The molecule has 0 bridgehead atoms. The standard InChI is InChI=1S/C10H13BrFNO/c1-6(4-5-13)9-8(12)3-2-7(11)10(9)14/h2-3,6,14H,4-5,13H2,1H3. The average molecular weight is 262 g/mol. The van der Waals surface area contributed by atoms with Gasteiger partial charge >= 0.3 is 0 Å². The van der Waals surface area contributed by atoms with E-state index in [1.165, 1.54) is 12.1 Å². The van der Waals surface area contributed by atoms with E-state index in [1.54, 1.807) is 0 Å². The zero-order valence-electron chi connectivity index (χ0n) is 7.93. The molecule has 2 nitrogen and oxygen atoms in total. The summed E-state index contributed by atoms with van der Waals surface area (Å²) in [5.41, 5.74) is 5.73. The number of phenolic OH excluding ortho intramolecular Hbond substituents is 1. The highest BCUT2D eigenvalue weighted by Crippen LogP contribution is 2.35. The van der Waals surface area contributed by atoms with E-state index in [0.29, 0.717) is 23.0 Å². The lowest BCUT2D eigenvalue weighted by molar-refractivity contribution is 0.445. The molecular formula is C10H13BrFNO. The smallest absolute Gasteiger partial charge is 0.136 e. The molecule has 4 heteroatoms. The number of hydrogen-bond donors (Lipinski definition) is 2. The molecule has 1 unspecified atom stereocenters. The molecule has 0 amide bonds. The lowest BCUT2D eigenvalue weighted by Crippen LogP contribution is -2.06. The van der Waals surface area contributed by atoms with Gasteiger partial charge in [-0.25, -0.2) is 4.39 Å². The van der Waals surface area contributed by atoms with Gasteiger partial charge in [0.05, 0.1) is 4.47 Å². The van der Waals surface area contributed by atoms with Crippen LogP contribution in [0.4, 0.5) is 4.39 Å². The lowest BCUT2D eigenvalue weighted by Gasteiger charge is -2.14. The summed E-state index contributed by atoms with van der Waals surface area (Å²) in [7, 11) is 0. The van der Waals surface area contributed by atoms with Crippen LogP contribution >= 0.6 is 15.9 Å². The first-order chi connectivity index (χ1) is 6.57. The van der Waals surface area contributed by atoms with Crippen molar-refractivity contribution in [2.75, 3.05) is 6.54 Å². The molecule has 1 rings (SSSR count). The van der Waals surface area contributed by atoms with Crippen LogP contribution in [-0.2, 0) is 0 Å². The van der Waals surface area contributed by atoms with Crippen LogP contribution in [0.5, 0.6) is 5.75 Å². The fourth-order valence-electron chi connectivity index (χ4n) is 1.42. The summed E-state index contributed by atoms with van der Waals surface area (Å²) >= 11 is 3.15. The highest BCUT2D eigenvalue weighted by Gasteiger charge is 2.16. The van der Waals surface area contributed by atoms with Crippen LogP contribution in [0, 0.1) is 5.82 Å². The van der Waals surface area contributed by atoms with E-state index in [-0.39, 0.29) is 17.5 Å². The molecule has 14 heavy (non-hydrogen) atoms. The molecule has 1 atom stereocenters. The van der Waals surface area contributed by atoms with E-state index >= 15 is 0 Å². The lowest BCUT2D eigenvalue weighted by atomic mass is 9.96. The van der Waals surface area contributed by atoms with Gasteiger partial charge in [-0.05, 0) is 46.9 Å². The van der Waals surface area contributed by atoms with Gasteiger partial charge in [0, 0.05) is 5.56 Å². The second kappa shape index (κ2) is 4.75. The van der Waals surface area contributed by atoms with E-state index in [4.69, 9.17) is 5.73 Å². The molecule has 1 aromatic rings. The summed E-state index contributed by atoms with van der Waals surface area (Å²) < 4.78 is 13.9. The summed E-state index contributed by atoms with van der Waals surface area (Å²) in [4.78, 5) is 0.